The number of nitrogens with zero attached hydrogens (tertiary/aromatic N) is 2. The molecule has 0 aliphatic heterocycles. The fourth-order valence-corrected chi connectivity index (χ4v) is 2.43. The van der Waals surface area contributed by atoms with Gasteiger partial charge in [-0.1, -0.05) is 6.07 Å². The summed E-state index contributed by atoms with van der Waals surface area (Å²) >= 11 is 0. The second-order valence-electron chi connectivity index (χ2n) is 6.14. The van der Waals surface area contributed by atoms with Gasteiger partial charge in [0.25, 0.3) is 5.91 Å². The predicted molar refractivity (Wildman–Crippen MR) is 94.6 cm³/mol. The molecule has 1 atom stereocenters. The molecule has 0 aliphatic rings. The van der Waals surface area contributed by atoms with Gasteiger partial charge in [0.15, 0.2) is 5.69 Å². The highest BCUT2D eigenvalue weighted by atomic mass is 19.4. The highest BCUT2D eigenvalue weighted by molar-refractivity contribution is 5.94. The summed E-state index contributed by atoms with van der Waals surface area (Å²) in [5.41, 5.74) is -2.36. The summed E-state index contributed by atoms with van der Waals surface area (Å²) in [6, 6.07) is 4.93. The lowest BCUT2D eigenvalue weighted by atomic mass is 10.2. The van der Waals surface area contributed by atoms with Crippen molar-refractivity contribution >= 4 is 17.6 Å². The molecule has 7 nitrogen and oxygen atoms in total. The standard InChI is InChI=1S/C18H17F6N3O4/c1-3-30-16(29)13-8-25-27(14(13)18(22,23)24)12-6-4-5-11(7-12)26-15(28)10(2)31-9-17(19,20)21/h4-8,10H,3,9H2,1-2H3,(H,26,28)/t10-/m0/s1. The largest absolute Gasteiger partial charge is 0.462 e. The van der Waals surface area contributed by atoms with E-state index in [1.165, 1.54) is 25.1 Å². The van der Waals surface area contributed by atoms with Gasteiger partial charge in [-0.25, -0.2) is 9.48 Å². The van der Waals surface area contributed by atoms with Gasteiger partial charge in [0.1, 0.15) is 18.3 Å². The lowest BCUT2D eigenvalue weighted by Crippen LogP contribution is -2.31. The second-order valence-corrected chi connectivity index (χ2v) is 6.14. The molecule has 2 rings (SSSR count). The number of aromatic nitrogens is 2. The molecule has 0 saturated heterocycles. The number of hydrogen-bond donors (Lipinski definition) is 1. The van der Waals surface area contributed by atoms with E-state index >= 15 is 0 Å². The van der Waals surface area contributed by atoms with E-state index in [-0.39, 0.29) is 18.0 Å². The molecule has 0 aliphatic carbocycles. The average molecular weight is 453 g/mol. The number of anilines is 1. The minimum absolute atomic E-state index is 0.0220. The summed E-state index contributed by atoms with van der Waals surface area (Å²) in [4.78, 5) is 23.9. The van der Waals surface area contributed by atoms with E-state index < -0.39 is 48.2 Å². The molecular formula is C18H17F6N3O4. The molecular weight excluding hydrogens is 436 g/mol. The van der Waals surface area contributed by atoms with Crippen LogP contribution in [-0.2, 0) is 20.4 Å². The van der Waals surface area contributed by atoms with E-state index in [0.717, 1.165) is 13.0 Å². The van der Waals surface area contributed by atoms with Crippen molar-refractivity contribution in [1.29, 1.82) is 0 Å². The zero-order valence-electron chi connectivity index (χ0n) is 16.2. The van der Waals surface area contributed by atoms with Crippen molar-refractivity contribution in [2.75, 3.05) is 18.5 Å². The van der Waals surface area contributed by atoms with Crippen LogP contribution >= 0.6 is 0 Å². The molecule has 0 spiro atoms. The highest BCUT2D eigenvalue weighted by Gasteiger charge is 2.41. The Bertz CT molecular complexity index is 939. The number of halogens is 6. The van der Waals surface area contributed by atoms with Gasteiger partial charge in [-0.05, 0) is 32.0 Å². The first-order valence-electron chi connectivity index (χ1n) is 8.75. The molecule has 13 heteroatoms. The van der Waals surface area contributed by atoms with Crippen LogP contribution in [0.3, 0.4) is 0 Å². The Morgan fingerprint density at radius 2 is 1.87 bits per heavy atom. The molecule has 2 aromatic rings. The molecule has 0 saturated carbocycles. The van der Waals surface area contributed by atoms with Gasteiger partial charge in [-0.15, -0.1) is 0 Å². The Labute approximate surface area is 171 Å². The van der Waals surface area contributed by atoms with Crippen LogP contribution in [0.15, 0.2) is 30.5 Å². The number of alkyl halides is 6. The molecule has 31 heavy (non-hydrogen) atoms. The molecule has 1 aromatic heterocycles. The van der Waals surface area contributed by atoms with Crippen LogP contribution < -0.4 is 5.32 Å². The van der Waals surface area contributed by atoms with Crippen LogP contribution in [0.1, 0.15) is 29.9 Å². The zero-order chi connectivity index (χ0) is 23.4. The fourth-order valence-electron chi connectivity index (χ4n) is 2.43. The smallest absolute Gasteiger partial charge is 0.434 e. The number of benzene rings is 1. The Kier molecular flexibility index (Phi) is 7.31. The highest BCUT2D eigenvalue weighted by Crippen LogP contribution is 2.34. The van der Waals surface area contributed by atoms with E-state index in [0.29, 0.717) is 10.9 Å². The number of ether oxygens (including phenoxy) is 2. The van der Waals surface area contributed by atoms with E-state index in [1.807, 2.05) is 0 Å². The maximum atomic E-state index is 13.6. The average Bonchev–Trinajstić information content (AvgIpc) is 3.11. The lowest BCUT2D eigenvalue weighted by Gasteiger charge is -2.16. The number of esters is 1. The molecule has 0 unspecified atom stereocenters. The molecule has 1 aromatic carbocycles. The molecule has 1 amide bonds. The van der Waals surface area contributed by atoms with Crippen LogP contribution in [0.25, 0.3) is 5.69 Å². The van der Waals surface area contributed by atoms with Gasteiger partial charge in [0, 0.05) is 5.69 Å². The van der Waals surface area contributed by atoms with Crippen molar-refractivity contribution in [3.63, 3.8) is 0 Å². The molecule has 1 heterocycles. The van der Waals surface area contributed by atoms with Crippen LogP contribution in [0.4, 0.5) is 32.0 Å². The first-order valence-corrected chi connectivity index (χ1v) is 8.75. The SMILES string of the molecule is CCOC(=O)c1cnn(-c2cccc(NC(=O)[C@H](C)OCC(F)(F)F)c2)c1C(F)(F)F. The Hall–Kier alpha value is -3.09. The number of carbonyl (C=O) groups excluding carboxylic acids is 2. The first kappa shape index (κ1) is 24.2. The van der Waals surface area contributed by atoms with E-state index in [2.05, 4.69) is 19.9 Å². The number of rotatable bonds is 7. The lowest BCUT2D eigenvalue weighted by molar-refractivity contribution is -0.184. The van der Waals surface area contributed by atoms with Crippen LogP contribution in [0.2, 0.25) is 0 Å². The van der Waals surface area contributed by atoms with E-state index in [1.54, 1.807) is 0 Å². The maximum absolute atomic E-state index is 13.6. The Morgan fingerprint density at radius 3 is 2.45 bits per heavy atom. The Balaban J connectivity index is 2.29. The van der Waals surface area contributed by atoms with Crippen molar-refractivity contribution in [3.05, 3.63) is 41.7 Å². The third-order valence-corrected chi connectivity index (χ3v) is 3.76. The summed E-state index contributed by atoms with van der Waals surface area (Å²) < 4.78 is 86.8. The van der Waals surface area contributed by atoms with E-state index in [4.69, 9.17) is 0 Å². The van der Waals surface area contributed by atoms with Crippen LogP contribution in [-0.4, -0.2) is 47.2 Å². The predicted octanol–water partition coefficient (Wildman–Crippen LogP) is 3.97. The van der Waals surface area contributed by atoms with Gasteiger partial charge in [0.05, 0.1) is 18.5 Å². The van der Waals surface area contributed by atoms with Gasteiger partial charge in [0.2, 0.25) is 0 Å². The van der Waals surface area contributed by atoms with Crippen molar-refractivity contribution in [1.82, 2.24) is 9.78 Å². The second kappa shape index (κ2) is 9.37. The molecule has 0 radical (unpaired) electrons. The number of nitrogens with one attached hydrogen (secondary N) is 1. The maximum Gasteiger partial charge on any atom is 0.434 e. The minimum atomic E-state index is -4.96. The summed E-state index contributed by atoms with van der Waals surface area (Å²) in [6.07, 6.45) is -10.4. The first-order chi connectivity index (χ1) is 14.3. The Morgan fingerprint density at radius 1 is 1.19 bits per heavy atom. The molecule has 170 valence electrons. The van der Waals surface area contributed by atoms with Gasteiger partial charge in [-0.3, -0.25) is 4.79 Å². The van der Waals surface area contributed by atoms with E-state index in [9.17, 15) is 35.9 Å². The summed E-state index contributed by atoms with van der Waals surface area (Å²) in [5, 5.41) is 5.85. The summed E-state index contributed by atoms with van der Waals surface area (Å²) in [7, 11) is 0. The number of amides is 1. The summed E-state index contributed by atoms with van der Waals surface area (Å²) in [6.45, 7) is 0.741. The molecule has 1 N–H and O–H groups in total. The topological polar surface area (TPSA) is 82.5 Å². The normalized spacial score (nSPS) is 13.0. The summed E-state index contributed by atoms with van der Waals surface area (Å²) in [5.74, 6) is -2.15. The monoisotopic (exact) mass is 453 g/mol. The quantitative estimate of drug-likeness (QED) is 0.507. The van der Waals surface area contributed by atoms with Crippen molar-refractivity contribution < 1.29 is 45.4 Å². The van der Waals surface area contributed by atoms with Crippen molar-refractivity contribution in [2.24, 2.45) is 0 Å². The molecule has 0 bridgehead atoms. The third kappa shape index (κ3) is 6.44. The number of carbonyl (C=O) groups is 2. The van der Waals surface area contributed by atoms with Crippen LogP contribution in [0.5, 0.6) is 0 Å². The van der Waals surface area contributed by atoms with Gasteiger partial charge < -0.3 is 14.8 Å². The van der Waals surface area contributed by atoms with Crippen molar-refractivity contribution in [3.8, 4) is 5.69 Å². The fraction of sp³-hybridized carbons (Fsp3) is 0.389. The van der Waals surface area contributed by atoms with Crippen molar-refractivity contribution in [2.45, 2.75) is 32.3 Å². The zero-order valence-corrected chi connectivity index (χ0v) is 16.2. The van der Waals surface area contributed by atoms with Crippen LogP contribution in [0, 0.1) is 0 Å². The number of hydrogen-bond acceptors (Lipinski definition) is 5. The minimum Gasteiger partial charge on any atom is -0.462 e. The third-order valence-electron chi connectivity index (χ3n) is 3.76. The van der Waals surface area contributed by atoms with Gasteiger partial charge >= 0.3 is 18.3 Å². The van der Waals surface area contributed by atoms with Gasteiger partial charge in [-0.2, -0.15) is 31.4 Å². The molecule has 0 fully saturated rings.